The number of unbranched alkanes of at least 4 members (excludes halogenated alkanes) is 37. The molecule has 1 atom stereocenters. The molecule has 0 fully saturated rings. The van der Waals surface area contributed by atoms with Crippen molar-refractivity contribution >= 4 is 17.9 Å². The molecule has 0 N–H and O–H groups in total. The van der Waals surface area contributed by atoms with Gasteiger partial charge in [-0.25, -0.2) is 0 Å². The lowest BCUT2D eigenvalue weighted by Gasteiger charge is -2.18. The van der Waals surface area contributed by atoms with Crippen LogP contribution in [0.4, 0.5) is 0 Å². The van der Waals surface area contributed by atoms with Crippen LogP contribution in [0.2, 0.25) is 0 Å². The maximum absolute atomic E-state index is 13.0. The van der Waals surface area contributed by atoms with E-state index in [0.29, 0.717) is 19.3 Å². The van der Waals surface area contributed by atoms with E-state index in [1.807, 2.05) is 0 Å². The second kappa shape index (κ2) is 69.8. The van der Waals surface area contributed by atoms with Crippen molar-refractivity contribution in [1.29, 1.82) is 0 Å². The van der Waals surface area contributed by atoms with Gasteiger partial charge < -0.3 is 14.2 Å². The van der Waals surface area contributed by atoms with Gasteiger partial charge in [0.15, 0.2) is 6.10 Å². The predicted molar refractivity (Wildman–Crippen MR) is 357 cm³/mol. The minimum absolute atomic E-state index is 0.0801. The zero-order chi connectivity index (χ0) is 59.2. The van der Waals surface area contributed by atoms with Crippen LogP contribution in [0.5, 0.6) is 0 Å². The summed E-state index contributed by atoms with van der Waals surface area (Å²) in [6.45, 7) is 6.54. The van der Waals surface area contributed by atoms with Gasteiger partial charge in [0, 0.05) is 19.3 Å². The summed E-state index contributed by atoms with van der Waals surface area (Å²) in [6, 6.07) is 0. The molecule has 0 aromatic rings. The molecule has 0 saturated heterocycles. The number of esters is 3. The lowest BCUT2D eigenvalue weighted by molar-refractivity contribution is -0.167. The zero-order valence-corrected chi connectivity index (χ0v) is 54.2. The van der Waals surface area contributed by atoms with Crippen LogP contribution < -0.4 is 0 Å². The molecule has 0 radical (unpaired) electrons. The molecule has 6 heteroatoms. The highest BCUT2D eigenvalue weighted by atomic mass is 16.6. The van der Waals surface area contributed by atoms with Crippen molar-refractivity contribution in [1.82, 2.24) is 0 Å². The summed E-state index contributed by atoms with van der Waals surface area (Å²) >= 11 is 0. The van der Waals surface area contributed by atoms with Gasteiger partial charge >= 0.3 is 17.9 Å². The molecule has 0 bridgehead atoms. The second-order valence-corrected chi connectivity index (χ2v) is 23.4. The van der Waals surface area contributed by atoms with Crippen molar-refractivity contribution < 1.29 is 28.6 Å². The lowest BCUT2D eigenvalue weighted by Crippen LogP contribution is -2.30. The molecule has 0 aliphatic carbocycles. The summed E-state index contributed by atoms with van der Waals surface area (Å²) < 4.78 is 17.0. The Balaban J connectivity index is 4.35. The third-order valence-electron chi connectivity index (χ3n) is 15.3. The highest BCUT2D eigenvalue weighted by Gasteiger charge is 2.19. The van der Waals surface area contributed by atoms with Gasteiger partial charge in [-0.3, -0.25) is 14.4 Å². The van der Waals surface area contributed by atoms with E-state index >= 15 is 0 Å². The fourth-order valence-electron chi connectivity index (χ4n) is 10.1. The highest BCUT2D eigenvalue weighted by Crippen LogP contribution is 2.17. The number of allylic oxidation sites excluding steroid dienone is 16. The minimum Gasteiger partial charge on any atom is -0.462 e. The van der Waals surface area contributed by atoms with E-state index in [1.54, 1.807) is 0 Å². The smallest absolute Gasteiger partial charge is 0.306 e. The van der Waals surface area contributed by atoms with Gasteiger partial charge in [-0.2, -0.15) is 0 Å². The first-order valence-corrected chi connectivity index (χ1v) is 35.2. The number of ether oxygens (including phenoxy) is 3. The van der Waals surface area contributed by atoms with Gasteiger partial charge in [-0.1, -0.05) is 323 Å². The van der Waals surface area contributed by atoms with Gasteiger partial charge in [0.2, 0.25) is 0 Å². The van der Waals surface area contributed by atoms with E-state index in [0.717, 1.165) is 116 Å². The van der Waals surface area contributed by atoms with Crippen molar-refractivity contribution in [2.45, 2.75) is 354 Å². The largest absolute Gasteiger partial charge is 0.462 e. The summed E-state index contributed by atoms with van der Waals surface area (Å²) in [5.41, 5.74) is 0. The van der Waals surface area contributed by atoms with Gasteiger partial charge in [-0.15, -0.1) is 0 Å². The Morgan fingerprint density at radius 3 is 0.768 bits per heavy atom. The van der Waals surface area contributed by atoms with Crippen molar-refractivity contribution in [3.8, 4) is 0 Å². The Morgan fingerprint density at radius 2 is 0.476 bits per heavy atom. The summed E-state index contributed by atoms with van der Waals surface area (Å²) in [5.74, 6) is -0.878. The molecule has 0 aromatic heterocycles. The maximum atomic E-state index is 13.0. The molecule has 0 aromatic carbocycles. The summed E-state index contributed by atoms with van der Waals surface area (Å²) in [5, 5.41) is 0. The number of carbonyl (C=O) groups is 3. The average molecular weight is 1140 g/mol. The molecular weight excluding hydrogens is 1010 g/mol. The molecule has 0 amide bonds. The second-order valence-electron chi connectivity index (χ2n) is 23.4. The lowest BCUT2D eigenvalue weighted by atomic mass is 10.0. The molecule has 472 valence electrons. The van der Waals surface area contributed by atoms with Crippen LogP contribution in [-0.4, -0.2) is 37.2 Å². The molecule has 0 aliphatic heterocycles. The normalized spacial score (nSPS) is 12.7. The third kappa shape index (κ3) is 67.1. The minimum atomic E-state index is -0.787. The Kier molecular flexibility index (Phi) is 66.7. The maximum Gasteiger partial charge on any atom is 0.306 e. The third-order valence-corrected chi connectivity index (χ3v) is 15.3. The first-order chi connectivity index (χ1) is 40.5. The molecule has 6 nitrogen and oxygen atoms in total. The molecular formula is C76H132O6. The van der Waals surface area contributed by atoms with Crippen molar-refractivity contribution in [3.63, 3.8) is 0 Å². The van der Waals surface area contributed by atoms with Crippen LogP contribution in [0, 0.1) is 0 Å². The average Bonchev–Trinajstić information content (AvgIpc) is 3.47. The molecule has 0 heterocycles. The number of hydrogen-bond acceptors (Lipinski definition) is 6. The first-order valence-electron chi connectivity index (χ1n) is 35.2. The monoisotopic (exact) mass is 1140 g/mol. The fourth-order valence-corrected chi connectivity index (χ4v) is 10.1. The van der Waals surface area contributed by atoms with Gasteiger partial charge in [0.05, 0.1) is 0 Å². The van der Waals surface area contributed by atoms with E-state index < -0.39 is 6.10 Å². The van der Waals surface area contributed by atoms with Crippen LogP contribution in [0.1, 0.15) is 348 Å². The SMILES string of the molecule is CC/C=C\C/C=C\C/C=C\C/C=C\C/C=C\CCCCCCCCCCCCCC(=O)OCC(COC(=O)CCCCCCCCCCCCCCCCCCCC)OC(=O)CCCCCCCC/C=C\C/C=C\C/C=C\CCCCC. The van der Waals surface area contributed by atoms with Crippen LogP contribution in [-0.2, 0) is 28.6 Å². The van der Waals surface area contributed by atoms with Gasteiger partial charge in [-0.05, 0) is 103 Å². The van der Waals surface area contributed by atoms with E-state index in [1.165, 1.54) is 193 Å². The molecule has 1 unspecified atom stereocenters. The molecule has 82 heavy (non-hydrogen) atoms. The van der Waals surface area contributed by atoms with Crippen LogP contribution in [0.3, 0.4) is 0 Å². The Labute approximate surface area is 508 Å². The van der Waals surface area contributed by atoms with Crippen LogP contribution >= 0.6 is 0 Å². The van der Waals surface area contributed by atoms with E-state index in [-0.39, 0.29) is 31.1 Å². The molecule has 0 spiro atoms. The van der Waals surface area contributed by atoms with Gasteiger partial charge in [0.1, 0.15) is 13.2 Å². The Hall–Kier alpha value is -3.67. The summed E-state index contributed by atoms with van der Waals surface area (Å²) in [4.78, 5) is 38.5. The zero-order valence-electron chi connectivity index (χ0n) is 54.2. The number of hydrogen-bond donors (Lipinski definition) is 0. The molecule has 0 saturated carbocycles. The molecule has 0 rings (SSSR count). The quantitative estimate of drug-likeness (QED) is 0.0261. The van der Waals surface area contributed by atoms with Crippen LogP contribution in [0.15, 0.2) is 97.2 Å². The number of carbonyl (C=O) groups excluding carboxylic acids is 3. The number of rotatable bonds is 64. The van der Waals surface area contributed by atoms with Crippen molar-refractivity contribution in [3.05, 3.63) is 97.2 Å². The Bertz CT molecular complexity index is 1590. The fraction of sp³-hybridized carbons (Fsp3) is 0.750. The topological polar surface area (TPSA) is 78.9 Å². The summed E-state index contributed by atoms with van der Waals surface area (Å²) in [7, 11) is 0. The predicted octanol–water partition coefficient (Wildman–Crippen LogP) is 24.4. The van der Waals surface area contributed by atoms with E-state index in [4.69, 9.17) is 14.2 Å². The summed E-state index contributed by atoms with van der Waals surface area (Å²) in [6.07, 6.45) is 94.2. The van der Waals surface area contributed by atoms with Crippen molar-refractivity contribution in [2.75, 3.05) is 13.2 Å². The standard InChI is InChI=1S/C76H132O6/c1-4-7-10-13-16-19-22-25-28-31-34-35-36-37-38-39-40-41-43-45-48-51-54-57-60-63-66-69-75(78)81-72-73(71-80-74(77)68-65-62-59-56-53-50-47-44-33-30-27-24-21-18-15-12-9-6-3)82-76(79)70-67-64-61-58-55-52-49-46-42-32-29-26-23-20-17-14-11-8-5-2/h7,10,16-17,19-20,25-26,28-29,34-35,37-38,42,46,73H,4-6,8-9,11-15,18,21-24,27,30-33,36,39-41,43-45,47-72H2,1-3H3/b10-7-,19-16-,20-17-,28-25-,29-26-,35-34-,38-37-,46-42-. The van der Waals surface area contributed by atoms with Crippen LogP contribution in [0.25, 0.3) is 0 Å². The van der Waals surface area contributed by atoms with Crippen molar-refractivity contribution in [2.24, 2.45) is 0 Å². The Morgan fingerprint density at radius 1 is 0.256 bits per heavy atom. The van der Waals surface area contributed by atoms with E-state index in [2.05, 4.69) is 118 Å². The molecule has 0 aliphatic rings. The van der Waals surface area contributed by atoms with Gasteiger partial charge in [0.25, 0.3) is 0 Å². The first kappa shape index (κ1) is 78.3. The highest BCUT2D eigenvalue weighted by molar-refractivity contribution is 5.71. The van der Waals surface area contributed by atoms with E-state index in [9.17, 15) is 14.4 Å².